The van der Waals surface area contributed by atoms with Gasteiger partial charge >= 0.3 is 5.69 Å². The fourth-order valence-corrected chi connectivity index (χ4v) is 1.58. The van der Waals surface area contributed by atoms with Gasteiger partial charge in [0.15, 0.2) is 0 Å². The SMILES string of the molecule is COc1cc(OC)cc(-c2[nH]ncc2[N+](=O)[O-])c1. The summed E-state index contributed by atoms with van der Waals surface area (Å²) in [5.41, 5.74) is 0.804. The van der Waals surface area contributed by atoms with Crippen molar-refractivity contribution < 1.29 is 14.4 Å². The van der Waals surface area contributed by atoms with Crippen molar-refractivity contribution in [1.29, 1.82) is 0 Å². The van der Waals surface area contributed by atoms with E-state index in [1.54, 1.807) is 18.2 Å². The first-order chi connectivity index (χ1) is 8.65. The van der Waals surface area contributed by atoms with Crippen molar-refractivity contribution in [3.05, 3.63) is 34.5 Å². The number of nitrogens with zero attached hydrogens (tertiary/aromatic N) is 2. The van der Waals surface area contributed by atoms with E-state index in [2.05, 4.69) is 10.2 Å². The molecule has 0 aliphatic carbocycles. The maximum Gasteiger partial charge on any atom is 0.314 e. The van der Waals surface area contributed by atoms with Crippen molar-refractivity contribution in [2.24, 2.45) is 0 Å². The van der Waals surface area contributed by atoms with Gasteiger partial charge in [-0.1, -0.05) is 0 Å². The highest BCUT2D eigenvalue weighted by atomic mass is 16.6. The standard InChI is InChI=1S/C11H11N3O4/c1-17-8-3-7(4-9(5-8)18-2)11-10(14(15)16)6-12-13-11/h3-6H,1-2H3,(H,12,13). The molecule has 0 unspecified atom stereocenters. The van der Waals surface area contributed by atoms with Crippen molar-refractivity contribution in [2.45, 2.75) is 0 Å². The number of hydrogen-bond acceptors (Lipinski definition) is 5. The second-order valence-corrected chi connectivity index (χ2v) is 3.49. The summed E-state index contributed by atoms with van der Waals surface area (Å²) < 4.78 is 10.2. The first-order valence-electron chi connectivity index (χ1n) is 5.07. The van der Waals surface area contributed by atoms with E-state index < -0.39 is 4.92 Å². The lowest BCUT2D eigenvalue weighted by Gasteiger charge is -2.06. The van der Waals surface area contributed by atoms with Gasteiger partial charge in [-0.05, 0) is 12.1 Å². The maximum absolute atomic E-state index is 10.8. The quantitative estimate of drug-likeness (QED) is 0.661. The van der Waals surface area contributed by atoms with E-state index in [1.165, 1.54) is 20.4 Å². The molecule has 18 heavy (non-hydrogen) atoms. The summed E-state index contributed by atoms with van der Waals surface area (Å²) in [6.07, 6.45) is 1.17. The van der Waals surface area contributed by atoms with Crippen molar-refractivity contribution in [2.75, 3.05) is 14.2 Å². The summed E-state index contributed by atoms with van der Waals surface area (Å²) in [5, 5.41) is 17.1. The third-order valence-electron chi connectivity index (χ3n) is 2.46. The van der Waals surface area contributed by atoms with Gasteiger partial charge in [0.05, 0.1) is 19.1 Å². The van der Waals surface area contributed by atoms with Gasteiger partial charge in [0.25, 0.3) is 0 Å². The molecule has 7 nitrogen and oxygen atoms in total. The van der Waals surface area contributed by atoms with Crippen LogP contribution >= 0.6 is 0 Å². The number of rotatable bonds is 4. The molecule has 1 heterocycles. The van der Waals surface area contributed by atoms with Crippen LogP contribution in [0.25, 0.3) is 11.3 Å². The average Bonchev–Trinajstić information content (AvgIpc) is 2.87. The van der Waals surface area contributed by atoms with Gasteiger partial charge in [-0.3, -0.25) is 15.2 Å². The molecule has 0 saturated heterocycles. The predicted octanol–water partition coefficient (Wildman–Crippen LogP) is 2.00. The van der Waals surface area contributed by atoms with E-state index in [0.29, 0.717) is 22.8 Å². The third-order valence-corrected chi connectivity index (χ3v) is 2.46. The molecule has 0 radical (unpaired) electrons. The smallest absolute Gasteiger partial charge is 0.314 e. The van der Waals surface area contributed by atoms with Crippen LogP contribution in [0.2, 0.25) is 0 Å². The summed E-state index contributed by atoms with van der Waals surface area (Å²) in [6, 6.07) is 5.03. The Bertz CT molecular complexity index is 557. The fraction of sp³-hybridized carbons (Fsp3) is 0.182. The molecular weight excluding hydrogens is 238 g/mol. The molecule has 1 aromatic heterocycles. The van der Waals surface area contributed by atoms with Crippen LogP contribution in [-0.2, 0) is 0 Å². The van der Waals surface area contributed by atoms with Gasteiger partial charge in [0.2, 0.25) is 0 Å². The van der Waals surface area contributed by atoms with Crippen LogP contribution in [0.15, 0.2) is 24.4 Å². The summed E-state index contributed by atoms with van der Waals surface area (Å²) in [7, 11) is 3.03. The summed E-state index contributed by atoms with van der Waals surface area (Å²) in [6.45, 7) is 0. The Morgan fingerprint density at radius 1 is 1.22 bits per heavy atom. The van der Waals surface area contributed by atoms with Crippen molar-refractivity contribution in [3.63, 3.8) is 0 Å². The lowest BCUT2D eigenvalue weighted by molar-refractivity contribution is -0.384. The molecule has 0 saturated carbocycles. The zero-order valence-corrected chi connectivity index (χ0v) is 9.84. The van der Waals surface area contributed by atoms with E-state index in [1.807, 2.05) is 0 Å². The summed E-state index contributed by atoms with van der Waals surface area (Å²) >= 11 is 0. The summed E-state index contributed by atoms with van der Waals surface area (Å²) in [4.78, 5) is 10.4. The molecule has 0 aliphatic heterocycles. The second kappa shape index (κ2) is 4.74. The highest BCUT2D eigenvalue weighted by molar-refractivity contribution is 5.71. The predicted molar refractivity (Wildman–Crippen MR) is 63.8 cm³/mol. The van der Waals surface area contributed by atoms with Crippen LogP contribution in [-0.4, -0.2) is 29.3 Å². The third kappa shape index (κ3) is 2.10. The Morgan fingerprint density at radius 2 is 1.83 bits per heavy atom. The molecule has 0 aliphatic rings. The lowest BCUT2D eigenvalue weighted by Crippen LogP contribution is -1.92. The molecule has 0 amide bonds. The maximum atomic E-state index is 10.8. The number of H-pyrrole nitrogens is 1. The Morgan fingerprint density at radius 3 is 2.33 bits per heavy atom. The number of hydrogen-bond donors (Lipinski definition) is 1. The van der Waals surface area contributed by atoms with Gasteiger partial charge in [0.1, 0.15) is 23.4 Å². The molecule has 2 rings (SSSR count). The van der Waals surface area contributed by atoms with Gasteiger partial charge < -0.3 is 9.47 Å². The normalized spacial score (nSPS) is 10.1. The van der Waals surface area contributed by atoms with E-state index in [9.17, 15) is 10.1 Å². The van der Waals surface area contributed by atoms with Crippen LogP contribution < -0.4 is 9.47 Å². The lowest BCUT2D eigenvalue weighted by atomic mass is 10.1. The Balaban J connectivity index is 2.55. The Hall–Kier alpha value is -2.57. The largest absolute Gasteiger partial charge is 0.497 e. The molecule has 1 N–H and O–H groups in total. The molecule has 0 fully saturated rings. The van der Waals surface area contributed by atoms with Crippen molar-refractivity contribution in [1.82, 2.24) is 10.2 Å². The van der Waals surface area contributed by atoms with E-state index in [4.69, 9.17) is 9.47 Å². The first kappa shape index (κ1) is 11.9. The minimum Gasteiger partial charge on any atom is -0.497 e. The average molecular weight is 249 g/mol. The molecule has 0 spiro atoms. The molecule has 7 heteroatoms. The fourth-order valence-electron chi connectivity index (χ4n) is 1.58. The molecule has 2 aromatic rings. The topological polar surface area (TPSA) is 90.3 Å². The molecule has 0 atom stereocenters. The van der Waals surface area contributed by atoms with E-state index in [0.717, 1.165) is 0 Å². The van der Waals surface area contributed by atoms with Crippen LogP contribution in [0.3, 0.4) is 0 Å². The number of aromatic amines is 1. The second-order valence-electron chi connectivity index (χ2n) is 3.49. The van der Waals surface area contributed by atoms with Gasteiger partial charge in [-0.2, -0.15) is 5.10 Å². The van der Waals surface area contributed by atoms with Crippen LogP contribution in [0.4, 0.5) is 5.69 Å². The minimum atomic E-state index is -0.495. The highest BCUT2D eigenvalue weighted by Gasteiger charge is 2.18. The number of nitrogens with one attached hydrogen (secondary N) is 1. The van der Waals surface area contributed by atoms with Gasteiger partial charge in [0, 0.05) is 11.6 Å². The zero-order chi connectivity index (χ0) is 13.1. The monoisotopic (exact) mass is 249 g/mol. The molecular formula is C11H11N3O4. The van der Waals surface area contributed by atoms with Crippen LogP contribution in [0, 0.1) is 10.1 Å². The molecule has 94 valence electrons. The number of nitro groups is 1. The number of methoxy groups -OCH3 is 2. The van der Waals surface area contributed by atoms with Gasteiger partial charge in [-0.15, -0.1) is 0 Å². The zero-order valence-electron chi connectivity index (χ0n) is 9.84. The molecule has 1 aromatic carbocycles. The minimum absolute atomic E-state index is 0.0923. The first-order valence-corrected chi connectivity index (χ1v) is 5.07. The Kier molecular flexibility index (Phi) is 3.13. The van der Waals surface area contributed by atoms with Crippen molar-refractivity contribution in [3.8, 4) is 22.8 Å². The van der Waals surface area contributed by atoms with E-state index >= 15 is 0 Å². The van der Waals surface area contributed by atoms with E-state index in [-0.39, 0.29) is 5.69 Å². The van der Waals surface area contributed by atoms with Crippen molar-refractivity contribution >= 4 is 5.69 Å². The van der Waals surface area contributed by atoms with Crippen LogP contribution in [0.5, 0.6) is 11.5 Å². The number of aromatic nitrogens is 2. The van der Waals surface area contributed by atoms with Gasteiger partial charge in [-0.25, -0.2) is 0 Å². The van der Waals surface area contributed by atoms with Crippen LogP contribution in [0.1, 0.15) is 0 Å². The summed E-state index contributed by atoms with van der Waals surface area (Å²) in [5.74, 6) is 1.10. The number of benzene rings is 1. The number of ether oxygens (including phenoxy) is 2. The highest BCUT2D eigenvalue weighted by Crippen LogP contribution is 2.33. The Labute approximate surface area is 102 Å². The molecule has 0 bridgehead atoms.